The number of aromatic nitrogens is 1. The van der Waals surface area contributed by atoms with E-state index in [1.807, 2.05) is 19.2 Å². The monoisotopic (exact) mass is 208 g/mol. The Balaban J connectivity index is 2.71. The summed E-state index contributed by atoms with van der Waals surface area (Å²) in [6.45, 7) is 7.09. The fourth-order valence-corrected chi connectivity index (χ4v) is 1.51. The van der Waals surface area contributed by atoms with E-state index in [4.69, 9.17) is 0 Å². The van der Waals surface area contributed by atoms with E-state index in [1.165, 1.54) is 0 Å². The van der Waals surface area contributed by atoms with Gasteiger partial charge in [-0.25, -0.2) is 4.98 Å². The van der Waals surface area contributed by atoms with Crippen molar-refractivity contribution in [3.05, 3.63) is 23.9 Å². The predicted octanol–water partition coefficient (Wildman–Crippen LogP) is 2.23. The smallest absolute Gasteiger partial charge is 0.128 e. The van der Waals surface area contributed by atoms with Crippen LogP contribution in [0.1, 0.15) is 32.4 Å². The lowest BCUT2D eigenvalue weighted by Gasteiger charge is -2.20. The van der Waals surface area contributed by atoms with E-state index in [0.29, 0.717) is 5.92 Å². The van der Waals surface area contributed by atoms with Gasteiger partial charge in [0.2, 0.25) is 0 Å². The molecule has 1 aromatic rings. The summed E-state index contributed by atoms with van der Waals surface area (Å²) >= 11 is 0. The van der Waals surface area contributed by atoms with Gasteiger partial charge < -0.3 is 10.0 Å². The highest BCUT2D eigenvalue weighted by Gasteiger charge is 2.06. The van der Waals surface area contributed by atoms with Crippen LogP contribution in [0.4, 0.5) is 5.82 Å². The fourth-order valence-electron chi connectivity index (χ4n) is 1.51. The van der Waals surface area contributed by atoms with E-state index in [-0.39, 0.29) is 0 Å². The Morgan fingerprint density at radius 2 is 2.00 bits per heavy atom. The topological polar surface area (TPSA) is 36.4 Å². The lowest BCUT2D eigenvalue weighted by Crippen LogP contribution is -2.23. The molecule has 0 saturated carbocycles. The Labute approximate surface area is 91.8 Å². The molecule has 1 heterocycles. The molecule has 0 radical (unpaired) electrons. The third kappa shape index (κ3) is 3.51. The first-order valence-electron chi connectivity index (χ1n) is 5.36. The molecular weight excluding hydrogens is 188 g/mol. The molecule has 0 saturated heterocycles. The summed E-state index contributed by atoms with van der Waals surface area (Å²) in [7, 11) is 2.03. The van der Waals surface area contributed by atoms with Gasteiger partial charge in [-0.1, -0.05) is 19.9 Å². The number of rotatable bonds is 4. The van der Waals surface area contributed by atoms with Crippen molar-refractivity contribution in [1.82, 2.24) is 4.98 Å². The van der Waals surface area contributed by atoms with E-state index in [1.54, 1.807) is 13.1 Å². The summed E-state index contributed by atoms with van der Waals surface area (Å²) in [5.74, 6) is 1.57. The molecule has 0 bridgehead atoms. The minimum absolute atomic E-state index is 0.443. The van der Waals surface area contributed by atoms with E-state index < -0.39 is 6.10 Å². The lowest BCUT2D eigenvalue weighted by molar-refractivity contribution is 0.199. The second kappa shape index (κ2) is 5.12. The van der Waals surface area contributed by atoms with E-state index in [9.17, 15) is 5.11 Å². The zero-order valence-electron chi connectivity index (χ0n) is 9.94. The molecule has 0 aliphatic carbocycles. The van der Waals surface area contributed by atoms with Gasteiger partial charge in [0.1, 0.15) is 5.82 Å². The molecule has 0 fully saturated rings. The Morgan fingerprint density at radius 3 is 2.40 bits per heavy atom. The lowest BCUT2D eigenvalue weighted by atomic mass is 10.2. The molecule has 1 aromatic heterocycles. The summed E-state index contributed by atoms with van der Waals surface area (Å²) in [4.78, 5) is 6.44. The average molecular weight is 208 g/mol. The molecule has 3 heteroatoms. The van der Waals surface area contributed by atoms with Gasteiger partial charge >= 0.3 is 0 Å². The highest BCUT2D eigenvalue weighted by Crippen LogP contribution is 2.15. The number of hydrogen-bond donors (Lipinski definition) is 1. The van der Waals surface area contributed by atoms with E-state index in [0.717, 1.165) is 17.9 Å². The van der Waals surface area contributed by atoms with Gasteiger partial charge in [-0.2, -0.15) is 0 Å². The third-order valence-corrected chi connectivity index (χ3v) is 2.28. The summed E-state index contributed by atoms with van der Waals surface area (Å²) in [6, 6.07) is 3.87. The standard InChI is InChI=1S/C12H20N2O/c1-9(2)8-14(4)12-6-5-11(7-13-12)10(3)15/h5-7,9-10,15H,8H2,1-4H3. The van der Waals surface area contributed by atoms with Crippen LogP contribution < -0.4 is 4.90 Å². The molecule has 0 amide bonds. The van der Waals surface area contributed by atoms with Crippen molar-refractivity contribution < 1.29 is 5.11 Å². The zero-order chi connectivity index (χ0) is 11.4. The van der Waals surface area contributed by atoms with Crippen molar-refractivity contribution in [2.24, 2.45) is 5.92 Å². The van der Waals surface area contributed by atoms with Crippen LogP contribution in [0, 0.1) is 5.92 Å². The molecule has 3 nitrogen and oxygen atoms in total. The summed E-state index contributed by atoms with van der Waals surface area (Å²) in [5.41, 5.74) is 0.858. The maximum absolute atomic E-state index is 9.35. The first kappa shape index (κ1) is 12.0. The highest BCUT2D eigenvalue weighted by atomic mass is 16.3. The summed E-state index contributed by atoms with van der Waals surface area (Å²) in [6.07, 6.45) is 1.29. The second-order valence-corrected chi connectivity index (χ2v) is 4.40. The van der Waals surface area contributed by atoms with Gasteiger partial charge in [0.25, 0.3) is 0 Å². The molecule has 0 aliphatic heterocycles. The normalized spacial score (nSPS) is 12.9. The van der Waals surface area contributed by atoms with Crippen LogP contribution >= 0.6 is 0 Å². The SMILES string of the molecule is CC(C)CN(C)c1ccc(C(C)O)cn1. The number of aliphatic hydroxyl groups is 1. The highest BCUT2D eigenvalue weighted by molar-refractivity contribution is 5.38. The quantitative estimate of drug-likeness (QED) is 0.824. The van der Waals surface area contributed by atoms with Crippen LogP contribution in [-0.2, 0) is 0 Å². The Hall–Kier alpha value is -1.09. The number of nitrogens with zero attached hydrogens (tertiary/aromatic N) is 2. The van der Waals surface area contributed by atoms with Gasteiger partial charge in [-0.05, 0) is 24.5 Å². The Morgan fingerprint density at radius 1 is 1.33 bits per heavy atom. The van der Waals surface area contributed by atoms with Gasteiger partial charge in [-0.15, -0.1) is 0 Å². The van der Waals surface area contributed by atoms with E-state index >= 15 is 0 Å². The third-order valence-electron chi connectivity index (χ3n) is 2.28. The number of pyridine rings is 1. The largest absolute Gasteiger partial charge is 0.389 e. The van der Waals surface area contributed by atoms with Crippen molar-refractivity contribution in [3.63, 3.8) is 0 Å². The molecule has 0 spiro atoms. The van der Waals surface area contributed by atoms with Crippen LogP contribution in [0.25, 0.3) is 0 Å². The first-order valence-corrected chi connectivity index (χ1v) is 5.36. The van der Waals surface area contributed by atoms with Crippen molar-refractivity contribution in [3.8, 4) is 0 Å². The van der Waals surface area contributed by atoms with Crippen molar-refractivity contribution in [2.45, 2.75) is 26.9 Å². The molecule has 0 aliphatic rings. The Bertz CT molecular complexity index is 293. The summed E-state index contributed by atoms with van der Waals surface area (Å²) in [5, 5.41) is 9.35. The zero-order valence-corrected chi connectivity index (χ0v) is 9.94. The Kier molecular flexibility index (Phi) is 4.09. The van der Waals surface area contributed by atoms with Crippen molar-refractivity contribution in [2.75, 3.05) is 18.5 Å². The van der Waals surface area contributed by atoms with Crippen LogP contribution in [0.3, 0.4) is 0 Å². The second-order valence-electron chi connectivity index (χ2n) is 4.40. The van der Waals surface area contributed by atoms with Crippen molar-refractivity contribution in [1.29, 1.82) is 0 Å². The van der Waals surface area contributed by atoms with Crippen LogP contribution in [0.15, 0.2) is 18.3 Å². The van der Waals surface area contributed by atoms with Crippen LogP contribution in [0.5, 0.6) is 0 Å². The van der Waals surface area contributed by atoms with Gasteiger partial charge in [0.05, 0.1) is 6.10 Å². The molecular formula is C12H20N2O. The van der Waals surface area contributed by atoms with Gasteiger partial charge in [-0.3, -0.25) is 0 Å². The van der Waals surface area contributed by atoms with Crippen molar-refractivity contribution >= 4 is 5.82 Å². The van der Waals surface area contributed by atoms with Gasteiger partial charge in [0, 0.05) is 19.8 Å². The molecule has 1 unspecified atom stereocenters. The molecule has 1 N–H and O–H groups in total. The van der Waals surface area contributed by atoms with Crippen LogP contribution in [-0.4, -0.2) is 23.7 Å². The number of aliphatic hydroxyl groups excluding tert-OH is 1. The minimum atomic E-state index is -0.443. The maximum atomic E-state index is 9.35. The molecule has 84 valence electrons. The molecule has 1 rings (SSSR count). The minimum Gasteiger partial charge on any atom is -0.389 e. The first-order chi connectivity index (χ1) is 7.00. The molecule has 0 aromatic carbocycles. The fraction of sp³-hybridized carbons (Fsp3) is 0.583. The number of hydrogen-bond acceptors (Lipinski definition) is 3. The van der Waals surface area contributed by atoms with Gasteiger partial charge in [0.15, 0.2) is 0 Å². The maximum Gasteiger partial charge on any atom is 0.128 e. The average Bonchev–Trinajstić information content (AvgIpc) is 2.17. The van der Waals surface area contributed by atoms with E-state index in [2.05, 4.69) is 23.7 Å². The summed E-state index contributed by atoms with van der Waals surface area (Å²) < 4.78 is 0. The molecule has 1 atom stereocenters. The molecule has 15 heavy (non-hydrogen) atoms. The van der Waals surface area contributed by atoms with Crippen LogP contribution in [0.2, 0.25) is 0 Å². The predicted molar refractivity (Wildman–Crippen MR) is 63.0 cm³/mol. The number of anilines is 1.